The number of hydrogen-bond acceptors (Lipinski definition) is 5. The van der Waals surface area contributed by atoms with Crippen LogP contribution in [0.25, 0.3) is 22.8 Å². The first-order chi connectivity index (χ1) is 13.2. The molecule has 138 valence electrons. The Morgan fingerprint density at radius 1 is 1.11 bits per heavy atom. The molecule has 0 aliphatic carbocycles. The minimum atomic E-state index is 0.00996. The van der Waals surface area contributed by atoms with E-state index in [9.17, 15) is 4.79 Å². The fourth-order valence-electron chi connectivity index (χ4n) is 3.12. The van der Waals surface area contributed by atoms with Gasteiger partial charge in [0.05, 0.1) is 5.56 Å². The van der Waals surface area contributed by atoms with Crippen molar-refractivity contribution in [3.8, 4) is 28.6 Å². The summed E-state index contributed by atoms with van der Waals surface area (Å²) < 4.78 is 11.2. The Labute approximate surface area is 157 Å². The molecule has 0 bridgehead atoms. The van der Waals surface area contributed by atoms with E-state index in [1.807, 2.05) is 60.4 Å². The average Bonchev–Trinajstić information content (AvgIpc) is 3.39. The van der Waals surface area contributed by atoms with E-state index in [1.165, 1.54) is 5.56 Å². The molecule has 0 unspecified atom stereocenters. The molecular formula is C21H21N3O3. The molecule has 2 aromatic carbocycles. The summed E-state index contributed by atoms with van der Waals surface area (Å²) in [4.78, 5) is 18.6. The van der Waals surface area contributed by atoms with Crippen LogP contribution in [0.2, 0.25) is 0 Å². The van der Waals surface area contributed by atoms with Crippen LogP contribution in [0.5, 0.6) is 5.75 Å². The molecule has 3 aromatic rings. The van der Waals surface area contributed by atoms with Crippen LogP contribution in [0, 0.1) is 6.92 Å². The van der Waals surface area contributed by atoms with E-state index in [1.54, 1.807) is 0 Å². The number of carbonyl (C=O) groups is 1. The summed E-state index contributed by atoms with van der Waals surface area (Å²) in [6, 6.07) is 15.3. The van der Waals surface area contributed by atoms with Crippen LogP contribution in [0.4, 0.5) is 0 Å². The Bertz CT molecular complexity index is 928. The van der Waals surface area contributed by atoms with Gasteiger partial charge in [-0.2, -0.15) is 4.98 Å². The molecule has 1 aliphatic heterocycles. The number of hydrogen-bond donors (Lipinski definition) is 0. The normalized spacial score (nSPS) is 13.7. The monoisotopic (exact) mass is 363 g/mol. The van der Waals surface area contributed by atoms with E-state index in [0.717, 1.165) is 31.5 Å². The lowest BCUT2D eigenvalue weighted by atomic mass is 10.1. The van der Waals surface area contributed by atoms with Gasteiger partial charge in [-0.3, -0.25) is 4.79 Å². The number of carbonyl (C=O) groups excluding carboxylic acids is 1. The number of rotatable bonds is 5. The zero-order valence-corrected chi connectivity index (χ0v) is 15.2. The van der Waals surface area contributed by atoms with E-state index in [2.05, 4.69) is 10.1 Å². The van der Waals surface area contributed by atoms with Crippen molar-refractivity contribution in [1.29, 1.82) is 0 Å². The van der Waals surface area contributed by atoms with Crippen molar-refractivity contribution in [3.05, 3.63) is 54.1 Å². The van der Waals surface area contributed by atoms with Crippen molar-refractivity contribution in [2.45, 2.75) is 19.8 Å². The minimum absolute atomic E-state index is 0.00996. The third kappa shape index (κ3) is 3.84. The number of para-hydroxylation sites is 1. The summed E-state index contributed by atoms with van der Waals surface area (Å²) in [5, 5.41) is 4.09. The van der Waals surface area contributed by atoms with Crippen LogP contribution in [0.3, 0.4) is 0 Å². The molecule has 0 atom stereocenters. The number of nitrogens with zero attached hydrogens (tertiary/aromatic N) is 3. The highest BCUT2D eigenvalue weighted by Crippen LogP contribution is 2.29. The number of amides is 1. The molecule has 0 N–H and O–H groups in total. The second-order valence-corrected chi connectivity index (χ2v) is 6.66. The quantitative estimate of drug-likeness (QED) is 0.691. The number of benzene rings is 2. The molecule has 1 aliphatic rings. The van der Waals surface area contributed by atoms with Crippen LogP contribution in [-0.2, 0) is 4.79 Å². The van der Waals surface area contributed by atoms with Gasteiger partial charge in [0.15, 0.2) is 6.61 Å². The van der Waals surface area contributed by atoms with Crippen molar-refractivity contribution in [1.82, 2.24) is 15.0 Å². The first kappa shape index (κ1) is 17.3. The zero-order chi connectivity index (χ0) is 18.6. The Morgan fingerprint density at radius 2 is 1.85 bits per heavy atom. The van der Waals surface area contributed by atoms with Crippen molar-refractivity contribution >= 4 is 5.91 Å². The predicted octanol–water partition coefficient (Wildman–Crippen LogP) is 3.71. The second-order valence-electron chi connectivity index (χ2n) is 6.66. The number of aromatic nitrogens is 2. The maximum atomic E-state index is 12.2. The van der Waals surface area contributed by atoms with E-state index in [-0.39, 0.29) is 12.5 Å². The number of ether oxygens (including phenoxy) is 1. The van der Waals surface area contributed by atoms with Gasteiger partial charge in [0.25, 0.3) is 11.8 Å². The summed E-state index contributed by atoms with van der Waals surface area (Å²) in [5.74, 6) is 1.47. The maximum Gasteiger partial charge on any atom is 0.260 e. The molecular weight excluding hydrogens is 342 g/mol. The fourth-order valence-corrected chi connectivity index (χ4v) is 3.12. The largest absolute Gasteiger partial charge is 0.483 e. The molecule has 1 amide bonds. The predicted molar refractivity (Wildman–Crippen MR) is 101 cm³/mol. The first-order valence-corrected chi connectivity index (χ1v) is 9.11. The molecule has 0 spiro atoms. The van der Waals surface area contributed by atoms with Gasteiger partial charge in [0.1, 0.15) is 5.75 Å². The van der Waals surface area contributed by atoms with Gasteiger partial charge in [0, 0.05) is 18.7 Å². The Morgan fingerprint density at radius 3 is 2.63 bits per heavy atom. The number of aryl methyl sites for hydroxylation is 1. The van der Waals surface area contributed by atoms with Crippen LogP contribution in [0.15, 0.2) is 53.1 Å². The van der Waals surface area contributed by atoms with E-state index in [4.69, 9.17) is 9.26 Å². The molecule has 0 radical (unpaired) electrons. The fraction of sp³-hybridized carbons (Fsp3) is 0.286. The molecule has 1 fully saturated rings. The molecule has 6 heteroatoms. The zero-order valence-electron chi connectivity index (χ0n) is 15.2. The summed E-state index contributed by atoms with van der Waals surface area (Å²) in [6.45, 7) is 3.67. The Balaban J connectivity index is 1.52. The van der Waals surface area contributed by atoms with Crippen molar-refractivity contribution in [3.63, 3.8) is 0 Å². The highest BCUT2D eigenvalue weighted by atomic mass is 16.5. The highest BCUT2D eigenvalue weighted by molar-refractivity contribution is 5.78. The van der Waals surface area contributed by atoms with Crippen LogP contribution >= 0.6 is 0 Å². The molecule has 1 saturated heterocycles. The smallest absolute Gasteiger partial charge is 0.260 e. The summed E-state index contributed by atoms with van der Waals surface area (Å²) in [5.41, 5.74) is 2.73. The molecule has 0 saturated carbocycles. The van der Waals surface area contributed by atoms with Gasteiger partial charge in [-0.15, -0.1) is 0 Å². The van der Waals surface area contributed by atoms with E-state index >= 15 is 0 Å². The number of likely N-dealkylation sites (tertiary alicyclic amines) is 1. The topological polar surface area (TPSA) is 68.5 Å². The SMILES string of the molecule is Cc1ccc(-c2nc(-c3ccccc3OCC(=O)N3CCCC3)no2)cc1. The molecule has 6 nitrogen and oxygen atoms in total. The lowest BCUT2D eigenvalue weighted by Crippen LogP contribution is -2.32. The third-order valence-corrected chi connectivity index (χ3v) is 4.66. The van der Waals surface area contributed by atoms with Crippen LogP contribution in [-0.4, -0.2) is 40.6 Å². The van der Waals surface area contributed by atoms with Gasteiger partial charge < -0.3 is 14.2 Å². The average molecular weight is 363 g/mol. The summed E-state index contributed by atoms with van der Waals surface area (Å²) in [6.07, 6.45) is 2.12. The molecule has 1 aromatic heterocycles. The lowest BCUT2D eigenvalue weighted by Gasteiger charge is -2.16. The minimum Gasteiger partial charge on any atom is -0.483 e. The van der Waals surface area contributed by atoms with Crippen LogP contribution in [0.1, 0.15) is 18.4 Å². The van der Waals surface area contributed by atoms with Gasteiger partial charge >= 0.3 is 0 Å². The van der Waals surface area contributed by atoms with Gasteiger partial charge in [-0.25, -0.2) is 0 Å². The molecule has 2 heterocycles. The highest BCUT2D eigenvalue weighted by Gasteiger charge is 2.20. The Kier molecular flexibility index (Phi) is 4.87. The standard InChI is InChI=1S/C21H21N3O3/c1-15-8-10-16(11-9-15)21-22-20(23-27-21)17-6-2-3-7-18(17)26-14-19(25)24-12-4-5-13-24/h2-3,6-11H,4-5,12-14H2,1H3. The van der Waals surface area contributed by atoms with Crippen molar-refractivity contribution in [2.24, 2.45) is 0 Å². The third-order valence-electron chi connectivity index (χ3n) is 4.66. The van der Waals surface area contributed by atoms with Crippen molar-refractivity contribution < 1.29 is 14.1 Å². The molecule has 27 heavy (non-hydrogen) atoms. The second kappa shape index (κ2) is 7.61. The maximum absolute atomic E-state index is 12.2. The van der Waals surface area contributed by atoms with Crippen molar-refractivity contribution in [2.75, 3.05) is 19.7 Å². The van der Waals surface area contributed by atoms with E-state index in [0.29, 0.717) is 23.0 Å². The summed E-state index contributed by atoms with van der Waals surface area (Å²) in [7, 11) is 0. The van der Waals surface area contributed by atoms with Gasteiger partial charge in [-0.1, -0.05) is 35.0 Å². The van der Waals surface area contributed by atoms with Gasteiger partial charge in [0.2, 0.25) is 5.82 Å². The van der Waals surface area contributed by atoms with E-state index < -0.39 is 0 Å². The lowest BCUT2D eigenvalue weighted by molar-refractivity contribution is -0.132. The Hall–Kier alpha value is -3.15. The van der Waals surface area contributed by atoms with Gasteiger partial charge in [-0.05, 0) is 44.0 Å². The first-order valence-electron chi connectivity index (χ1n) is 9.11. The molecule has 4 rings (SSSR count). The summed E-state index contributed by atoms with van der Waals surface area (Å²) >= 11 is 0. The van der Waals surface area contributed by atoms with Crippen LogP contribution < -0.4 is 4.74 Å².